The van der Waals surface area contributed by atoms with Crippen molar-refractivity contribution in [2.75, 3.05) is 21.3 Å². The molecule has 0 aromatic heterocycles. The summed E-state index contributed by atoms with van der Waals surface area (Å²) >= 11 is 0. The molecule has 0 unspecified atom stereocenters. The summed E-state index contributed by atoms with van der Waals surface area (Å²) in [7, 11) is 4.67. The fourth-order valence-electron chi connectivity index (χ4n) is 2.03. The highest BCUT2D eigenvalue weighted by Gasteiger charge is 2.12. The normalized spacial score (nSPS) is 11.1. The molecule has 4 heteroatoms. The molecule has 0 spiro atoms. The zero-order valence-electron chi connectivity index (χ0n) is 12.3. The Balaban J connectivity index is 2.45. The Morgan fingerprint density at radius 2 is 1.48 bits per heavy atom. The van der Waals surface area contributed by atoms with Gasteiger partial charge in [-0.25, -0.2) is 0 Å². The summed E-state index contributed by atoms with van der Waals surface area (Å²) in [5.74, 6) is 1.79. The van der Waals surface area contributed by atoms with Crippen LogP contribution in [0.15, 0.2) is 42.5 Å². The van der Waals surface area contributed by atoms with Gasteiger partial charge in [0.1, 0.15) is 5.76 Å². The van der Waals surface area contributed by atoms with Crippen molar-refractivity contribution in [1.29, 1.82) is 0 Å². The minimum absolute atomic E-state index is 0.171. The highest BCUT2D eigenvalue weighted by molar-refractivity contribution is 5.78. The van der Waals surface area contributed by atoms with Gasteiger partial charge in [0.05, 0.1) is 21.3 Å². The van der Waals surface area contributed by atoms with Gasteiger partial charge in [-0.15, -0.1) is 0 Å². The predicted octanol–water partition coefficient (Wildman–Crippen LogP) is 3.77. The quantitative estimate of drug-likeness (QED) is 0.671. The SMILES string of the molecule is COc1cc(C=C(O)c2ccccc2)cc(OC)c1OC. The van der Waals surface area contributed by atoms with E-state index in [9.17, 15) is 5.11 Å². The lowest BCUT2D eigenvalue weighted by molar-refractivity contribution is 0.324. The first-order chi connectivity index (χ1) is 10.2. The third kappa shape index (κ3) is 3.28. The van der Waals surface area contributed by atoms with Crippen LogP contribution in [0.25, 0.3) is 11.8 Å². The first-order valence-corrected chi connectivity index (χ1v) is 6.45. The molecule has 0 saturated heterocycles. The predicted molar refractivity (Wildman–Crippen MR) is 83.0 cm³/mol. The summed E-state index contributed by atoms with van der Waals surface area (Å²) in [5, 5.41) is 10.2. The molecule has 0 aliphatic heterocycles. The number of aliphatic hydroxyl groups excluding tert-OH is 1. The van der Waals surface area contributed by atoms with Crippen molar-refractivity contribution in [2.24, 2.45) is 0 Å². The van der Waals surface area contributed by atoms with E-state index >= 15 is 0 Å². The summed E-state index contributed by atoms with van der Waals surface area (Å²) in [5.41, 5.74) is 1.50. The second-order valence-corrected chi connectivity index (χ2v) is 4.35. The second kappa shape index (κ2) is 6.70. The summed E-state index contributed by atoms with van der Waals surface area (Å²) < 4.78 is 15.9. The van der Waals surface area contributed by atoms with Gasteiger partial charge in [-0.3, -0.25) is 0 Å². The van der Waals surface area contributed by atoms with Gasteiger partial charge in [0.15, 0.2) is 11.5 Å². The molecule has 0 atom stereocenters. The monoisotopic (exact) mass is 286 g/mol. The first-order valence-electron chi connectivity index (χ1n) is 6.45. The molecule has 0 amide bonds. The molecule has 2 aromatic carbocycles. The van der Waals surface area contributed by atoms with Crippen LogP contribution < -0.4 is 14.2 Å². The lowest BCUT2D eigenvalue weighted by Gasteiger charge is -2.13. The van der Waals surface area contributed by atoms with E-state index in [-0.39, 0.29) is 5.76 Å². The van der Waals surface area contributed by atoms with Crippen LogP contribution >= 0.6 is 0 Å². The van der Waals surface area contributed by atoms with Crippen molar-refractivity contribution in [3.05, 3.63) is 53.6 Å². The maximum atomic E-state index is 10.2. The third-order valence-corrected chi connectivity index (χ3v) is 3.06. The number of methoxy groups -OCH3 is 3. The van der Waals surface area contributed by atoms with E-state index in [2.05, 4.69) is 0 Å². The van der Waals surface area contributed by atoms with E-state index in [1.807, 2.05) is 30.3 Å². The van der Waals surface area contributed by atoms with Gasteiger partial charge in [-0.05, 0) is 23.8 Å². The van der Waals surface area contributed by atoms with Crippen molar-refractivity contribution >= 4 is 11.8 Å². The largest absolute Gasteiger partial charge is 0.507 e. The molecule has 0 saturated carbocycles. The van der Waals surface area contributed by atoms with E-state index in [1.54, 1.807) is 39.5 Å². The van der Waals surface area contributed by atoms with Crippen molar-refractivity contribution in [1.82, 2.24) is 0 Å². The molecule has 0 aliphatic carbocycles. The molecular formula is C17H18O4. The molecule has 110 valence electrons. The minimum Gasteiger partial charge on any atom is -0.507 e. The van der Waals surface area contributed by atoms with Gasteiger partial charge in [-0.2, -0.15) is 0 Å². The summed E-state index contributed by atoms with van der Waals surface area (Å²) in [4.78, 5) is 0. The number of rotatable bonds is 5. The van der Waals surface area contributed by atoms with Crippen LogP contribution in [0.1, 0.15) is 11.1 Å². The topological polar surface area (TPSA) is 47.9 Å². The lowest BCUT2D eigenvalue weighted by atomic mass is 10.1. The summed E-state index contributed by atoms with van der Waals surface area (Å²) in [6.07, 6.45) is 1.65. The van der Waals surface area contributed by atoms with Gasteiger partial charge in [-0.1, -0.05) is 30.3 Å². The second-order valence-electron chi connectivity index (χ2n) is 4.35. The highest BCUT2D eigenvalue weighted by atomic mass is 16.5. The van der Waals surface area contributed by atoms with Crippen molar-refractivity contribution in [3.8, 4) is 17.2 Å². The average Bonchev–Trinajstić information content (AvgIpc) is 2.54. The van der Waals surface area contributed by atoms with Crippen LogP contribution in [-0.4, -0.2) is 26.4 Å². The number of hydrogen-bond donors (Lipinski definition) is 1. The maximum absolute atomic E-state index is 10.2. The Labute approximate surface area is 124 Å². The molecule has 0 aliphatic rings. The van der Waals surface area contributed by atoms with Gasteiger partial charge < -0.3 is 19.3 Å². The lowest BCUT2D eigenvalue weighted by Crippen LogP contribution is -1.95. The van der Waals surface area contributed by atoms with Crippen LogP contribution in [0.4, 0.5) is 0 Å². The Hall–Kier alpha value is -2.62. The number of ether oxygens (including phenoxy) is 3. The highest BCUT2D eigenvalue weighted by Crippen LogP contribution is 2.38. The van der Waals surface area contributed by atoms with Gasteiger partial charge in [0.25, 0.3) is 0 Å². The van der Waals surface area contributed by atoms with Crippen molar-refractivity contribution < 1.29 is 19.3 Å². The molecule has 0 bridgehead atoms. The van der Waals surface area contributed by atoms with E-state index in [1.165, 1.54) is 0 Å². The Morgan fingerprint density at radius 1 is 0.905 bits per heavy atom. The molecule has 1 N–H and O–H groups in total. The molecule has 0 heterocycles. The van der Waals surface area contributed by atoms with Crippen molar-refractivity contribution in [3.63, 3.8) is 0 Å². The summed E-state index contributed by atoms with van der Waals surface area (Å²) in [6, 6.07) is 12.9. The Morgan fingerprint density at radius 3 is 1.95 bits per heavy atom. The van der Waals surface area contributed by atoms with Crippen LogP contribution in [0.5, 0.6) is 17.2 Å². The molecule has 4 nitrogen and oxygen atoms in total. The van der Waals surface area contributed by atoms with Crippen LogP contribution in [0, 0.1) is 0 Å². The van der Waals surface area contributed by atoms with E-state index in [4.69, 9.17) is 14.2 Å². The molecule has 21 heavy (non-hydrogen) atoms. The standard InChI is InChI=1S/C17H18O4/c1-19-15-10-12(11-16(20-2)17(15)21-3)9-14(18)13-7-5-4-6-8-13/h4-11,18H,1-3H3. The molecule has 0 radical (unpaired) electrons. The molecule has 2 rings (SSSR count). The van der Waals surface area contributed by atoms with Crippen LogP contribution in [0.3, 0.4) is 0 Å². The number of hydrogen-bond acceptors (Lipinski definition) is 4. The van der Waals surface area contributed by atoms with E-state index in [0.717, 1.165) is 11.1 Å². The van der Waals surface area contributed by atoms with Crippen LogP contribution in [-0.2, 0) is 0 Å². The first kappa shape index (κ1) is 14.8. The maximum Gasteiger partial charge on any atom is 0.203 e. The fourth-order valence-corrected chi connectivity index (χ4v) is 2.03. The van der Waals surface area contributed by atoms with E-state index < -0.39 is 0 Å². The van der Waals surface area contributed by atoms with Crippen molar-refractivity contribution in [2.45, 2.75) is 0 Å². The van der Waals surface area contributed by atoms with E-state index in [0.29, 0.717) is 17.2 Å². The molecule has 2 aromatic rings. The zero-order valence-corrected chi connectivity index (χ0v) is 12.3. The summed E-state index contributed by atoms with van der Waals surface area (Å²) in [6.45, 7) is 0. The zero-order chi connectivity index (χ0) is 15.2. The fraction of sp³-hybridized carbons (Fsp3) is 0.176. The smallest absolute Gasteiger partial charge is 0.203 e. The molecular weight excluding hydrogens is 268 g/mol. The Kier molecular flexibility index (Phi) is 4.72. The van der Waals surface area contributed by atoms with Gasteiger partial charge in [0.2, 0.25) is 5.75 Å². The number of benzene rings is 2. The average molecular weight is 286 g/mol. The molecule has 0 fully saturated rings. The Bertz CT molecular complexity index is 607. The number of aliphatic hydroxyl groups is 1. The van der Waals surface area contributed by atoms with Crippen LogP contribution in [0.2, 0.25) is 0 Å². The van der Waals surface area contributed by atoms with Gasteiger partial charge >= 0.3 is 0 Å². The van der Waals surface area contributed by atoms with Gasteiger partial charge in [0, 0.05) is 5.56 Å². The minimum atomic E-state index is 0.171. The third-order valence-electron chi connectivity index (χ3n) is 3.06.